The standard InChI is InChI=1S/C14H20ClN5O/c1-13(2)5-8(6-14(3,4)19-13)20-11-10(12(21)18-20)9(15)7-16-17-11/h7-8,19H,5-6H2,1-4H3,(H,18,21). The number of hydrogen-bond acceptors (Lipinski definition) is 4. The van der Waals surface area contributed by atoms with E-state index < -0.39 is 0 Å². The summed E-state index contributed by atoms with van der Waals surface area (Å²) in [6.45, 7) is 8.68. The average Bonchev–Trinajstić information content (AvgIpc) is 2.64. The lowest BCUT2D eigenvalue weighted by atomic mass is 9.80. The molecule has 3 rings (SSSR count). The van der Waals surface area contributed by atoms with Gasteiger partial charge in [-0.3, -0.25) is 14.6 Å². The van der Waals surface area contributed by atoms with Crippen molar-refractivity contribution in [1.82, 2.24) is 25.3 Å². The minimum Gasteiger partial charge on any atom is -0.307 e. The lowest BCUT2D eigenvalue weighted by molar-refractivity contribution is 0.128. The molecule has 0 aromatic carbocycles. The molecule has 1 fully saturated rings. The fourth-order valence-corrected chi connectivity index (χ4v) is 3.88. The van der Waals surface area contributed by atoms with Crippen molar-refractivity contribution in [1.29, 1.82) is 0 Å². The summed E-state index contributed by atoms with van der Waals surface area (Å²) in [5.41, 5.74) is 0.280. The molecule has 0 saturated carbocycles. The van der Waals surface area contributed by atoms with Crippen LogP contribution < -0.4 is 10.9 Å². The molecule has 2 N–H and O–H groups in total. The zero-order valence-electron chi connectivity index (χ0n) is 12.7. The van der Waals surface area contributed by atoms with Crippen LogP contribution in [0.1, 0.15) is 46.6 Å². The Kier molecular flexibility index (Phi) is 3.15. The van der Waals surface area contributed by atoms with Crippen LogP contribution in [0.25, 0.3) is 11.0 Å². The normalized spacial score (nSPS) is 21.8. The number of aromatic amines is 1. The molecular weight excluding hydrogens is 290 g/mol. The first-order valence-electron chi connectivity index (χ1n) is 7.09. The van der Waals surface area contributed by atoms with Crippen molar-refractivity contribution in [3.63, 3.8) is 0 Å². The van der Waals surface area contributed by atoms with Crippen molar-refractivity contribution in [2.45, 2.75) is 57.7 Å². The van der Waals surface area contributed by atoms with Crippen molar-refractivity contribution in [3.05, 3.63) is 21.6 Å². The number of H-pyrrole nitrogens is 1. The fourth-order valence-electron chi connectivity index (χ4n) is 3.67. The van der Waals surface area contributed by atoms with Crippen LogP contribution in [-0.2, 0) is 0 Å². The van der Waals surface area contributed by atoms with E-state index in [4.69, 9.17) is 11.6 Å². The highest BCUT2D eigenvalue weighted by Crippen LogP contribution is 2.36. The predicted molar refractivity (Wildman–Crippen MR) is 82.7 cm³/mol. The first kappa shape index (κ1) is 14.5. The third kappa shape index (κ3) is 2.58. The van der Waals surface area contributed by atoms with Gasteiger partial charge in [-0.2, -0.15) is 5.10 Å². The molecule has 0 spiro atoms. The number of halogens is 1. The lowest BCUT2D eigenvalue weighted by Gasteiger charge is -2.46. The minimum absolute atomic E-state index is 0.0219. The van der Waals surface area contributed by atoms with Gasteiger partial charge in [0.2, 0.25) is 0 Å². The topological polar surface area (TPSA) is 75.6 Å². The Morgan fingerprint density at radius 3 is 2.52 bits per heavy atom. The number of fused-ring (bicyclic) bond motifs is 1. The van der Waals surface area contributed by atoms with E-state index in [1.807, 2.05) is 4.68 Å². The number of aromatic nitrogens is 4. The van der Waals surface area contributed by atoms with E-state index in [2.05, 4.69) is 48.3 Å². The Bertz CT molecular complexity index is 729. The van der Waals surface area contributed by atoms with Gasteiger partial charge in [-0.05, 0) is 40.5 Å². The van der Waals surface area contributed by atoms with Crippen LogP contribution in [-0.4, -0.2) is 31.1 Å². The Labute approximate surface area is 127 Å². The smallest absolute Gasteiger partial charge is 0.275 e. The predicted octanol–water partition coefficient (Wildman–Crippen LogP) is 2.25. The van der Waals surface area contributed by atoms with Gasteiger partial charge in [0.1, 0.15) is 5.39 Å². The molecule has 0 unspecified atom stereocenters. The second kappa shape index (κ2) is 4.55. The quantitative estimate of drug-likeness (QED) is 0.847. The molecule has 6 nitrogen and oxygen atoms in total. The molecule has 7 heteroatoms. The van der Waals surface area contributed by atoms with Gasteiger partial charge in [-0.15, -0.1) is 5.10 Å². The van der Waals surface area contributed by atoms with Crippen molar-refractivity contribution in [2.24, 2.45) is 0 Å². The van der Waals surface area contributed by atoms with E-state index >= 15 is 0 Å². The fraction of sp³-hybridized carbons (Fsp3) is 0.643. The molecule has 0 bridgehead atoms. The van der Waals surface area contributed by atoms with Crippen LogP contribution in [0.15, 0.2) is 11.0 Å². The SMILES string of the molecule is CC1(C)CC(n2[nH]c(=O)c3c(Cl)cnnc32)CC(C)(C)N1. The minimum atomic E-state index is -0.209. The maximum absolute atomic E-state index is 12.1. The summed E-state index contributed by atoms with van der Waals surface area (Å²) in [6.07, 6.45) is 3.19. The Morgan fingerprint density at radius 2 is 1.90 bits per heavy atom. The van der Waals surface area contributed by atoms with Crippen LogP contribution in [0.3, 0.4) is 0 Å². The molecule has 2 aromatic heterocycles. The van der Waals surface area contributed by atoms with Crippen molar-refractivity contribution in [3.8, 4) is 0 Å². The number of piperidine rings is 1. The largest absolute Gasteiger partial charge is 0.307 e. The average molecular weight is 310 g/mol. The maximum Gasteiger partial charge on any atom is 0.275 e. The molecule has 2 aromatic rings. The Morgan fingerprint density at radius 1 is 1.29 bits per heavy atom. The number of rotatable bonds is 1. The van der Waals surface area contributed by atoms with Gasteiger partial charge in [-0.1, -0.05) is 11.6 Å². The zero-order chi connectivity index (χ0) is 15.4. The molecule has 1 aliphatic rings. The molecule has 1 saturated heterocycles. The molecule has 0 amide bonds. The highest BCUT2D eigenvalue weighted by molar-refractivity contribution is 6.34. The Balaban J connectivity index is 2.13. The van der Waals surface area contributed by atoms with E-state index in [0.717, 1.165) is 12.8 Å². The summed E-state index contributed by atoms with van der Waals surface area (Å²) < 4.78 is 1.83. The first-order chi connectivity index (χ1) is 9.69. The van der Waals surface area contributed by atoms with Gasteiger partial charge >= 0.3 is 0 Å². The molecule has 3 heterocycles. The number of hydrogen-bond donors (Lipinski definition) is 2. The van der Waals surface area contributed by atoms with Gasteiger partial charge in [0, 0.05) is 11.1 Å². The third-order valence-electron chi connectivity index (χ3n) is 4.00. The number of nitrogens with zero attached hydrogens (tertiary/aromatic N) is 3. The van der Waals surface area contributed by atoms with Gasteiger partial charge in [-0.25, -0.2) is 0 Å². The van der Waals surface area contributed by atoms with Crippen LogP contribution in [0, 0.1) is 0 Å². The molecule has 114 valence electrons. The van der Waals surface area contributed by atoms with E-state index in [9.17, 15) is 4.79 Å². The molecule has 1 aliphatic heterocycles. The summed E-state index contributed by atoms with van der Waals surface area (Å²) in [5.74, 6) is 0. The monoisotopic (exact) mass is 309 g/mol. The van der Waals surface area contributed by atoms with Crippen LogP contribution in [0.2, 0.25) is 5.02 Å². The van der Waals surface area contributed by atoms with Gasteiger partial charge in [0.15, 0.2) is 5.65 Å². The van der Waals surface area contributed by atoms with Gasteiger partial charge in [0.25, 0.3) is 5.56 Å². The summed E-state index contributed by atoms with van der Waals surface area (Å²) >= 11 is 6.08. The van der Waals surface area contributed by atoms with Gasteiger partial charge < -0.3 is 5.32 Å². The summed E-state index contributed by atoms with van der Waals surface area (Å²) in [5, 5.41) is 15.3. The van der Waals surface area contributed by atoms with Crippen molar-refractivity contribution >= 4 is 22.6 Å². The van der Waals surface area contributed by atoms with E-state index in [1.165, 1.54) is 6.20 Å². The molecule has 0 atom stereocenters. The second-order valence-electron chi connectivity index (χ2n) is 7.16. The van der Waals surface area contributed by atoms with Crippen LogP contribution in [0.4, 0.5) is 0 Å². The van der Waals surface area contributed by atoms with Gasteiger partial charge in [0.05, 0.1) is 17.3 Å². The molecule has 0 radical (unpaired) electrons. The molecular formula is C14H20ClN5O. The van der Waals surface area contributed by atoms with E-state index in [0.29, 0.717) is 16.1 Å². The van der Waals surface area contributed by atoms with Crippen molar-refractivity contribution in [2.75, 3.05) is 0 Å². The highest BCUT2D eigenvalue weighted by atomic mass is 35.5. The highest BCUT2D eigenvalue weighted by Gasteiger charge is 2.39. The summed E-state index contributed by atoms with van der Waals surface area (Å²) in [6, 6.07) is 0.147. The molecule has 21 heavy (non-hydrogen) atoms. The van der Waals surface area contributed by atoms with Crippen LogP contribution in [0.5, 0.6) is 0 Å². The zero-order valence-corrected chi connectivity index (χ0v) is 13.5. The maximum atomic E-state index is 12.1. The molecule has 0 aliphatic carbocycles. The third-order valence-corrected chi connectivity index (χ3v) is 4.28. The Hall–Kier alpha value is -1.40. The lowest BCUT2D eigenvalue weighted by Crippen LogP contribution is -2.58. The number of nitrogens with one attached hydrogen (secondary N) is 2. The van der Waals surface area contributed by atoms with Crippen LogP contribution >= 0.6 is 11.6 Å². The summed E-state index contributed by atoms with van der Waals surface area (Å²) in [7, 11) is 0. The van der Waals surface area contributed by atoms with Crippen molar-refractivity contribution < 1.29 is 0 Å². The first-order valence-corrected chi connectivity index (χ1v) is 7.47. The van der Waals surface area contributed by atoms with E-state index in [-0.39, 0.29) is 22.7 Å². The van der Waals surface area contributed by atoms with E-state index in [1.54, 1.807) is 0 Å². The second-order valence-corrected chi connectivity index (χ2v) is 7.56. The summed E-state index contributed by atoms with van der Waals surface area (Å²) in [4.78, 5) is 12.1.